The van der Waals surface area contributed by atoms with Crippen LogP contribution in [-0.4, -0.2) is 20.2 Å². The van der Waals surface area contributed by atoms with Gasteiger partial charge in [-0.1, -0.05) is 11.6 Å². The molecule has 1 aromatic rings. The quantitative estimate of drug-likeness (QED) is 0.603. The summed E-state index contributed by atoms with van der Waals surface area (Å²) in [6, 6.07) is 3.02. The molecule has 0 atom stereocenters. The number of carbonyl (C=O) groups excluding carboxylic acids is 1. The van der Waals surface area contributed by atoms with E-state index in [2.05, 4.69) is 4.74 Å². The van der Waals surface area contributed by atoms with Gasteiger partial charge < -0.3 is 15.2 Å². The second-order valence-electron chi connectivity index (χ2n) is 2.57. The number of benzene rings is 1. The zero-order valence-corrected chi connectivity index (χ0v) is 8.59. The van der Waals surface area contributed by atoms with Crippen LogP contribution in [0.4, 0.5) is 5.69 Å². The summed E-state index contributed by atoms with van der Waals surface area (Å²) < 4.78 is 9.45. The molecular formula is C9H10ClNO3. The lowest BCUT2D eigenvalue weighted by atomic mass is 10.1. The van der Waals surface area contributed by atoms with Crippen LogP contribution in [0.2, 0.25) is 5.02 Å². The SMILES string of the molecule is COC(=O)c1c(N)cc(OC)cc1Cl. The summed E-state index contributed by atoms with van der Waals surface area (Å²) in [4.78, 5) is 11.2. The van der Waals surface area contributed by atoms with E-state index in [0.717, 1.165) is 0 Å². The standard InChI is InChI=1S/C9H10ClNO3/c1-13-5-3-6(10)8(7(11)4-5)9(12)14-2/h3-4H,11H2,1-2H3. The van der Waals surface area contributed by atoms with Crippen LogP contribution < -0.4 is 10.5 Å². The Bertz CT molecular complexity index is 342. The van der Waals surface area contributed by atoms with E-state index in [1.807, 2.05) is 0 Å². The van der Waals surface area contributed by atoms with E-state index in [1.165, 1.54) is 26.4 Å². The molecule has 0 spiro atoms. The highest BCUT2D eigenvalue weighted by Gasteiger charge is 2.15. The van der Waals surface area contributed by atoms with Gasteiger partial charge in [-0.05, 0) is 6.07 Å². The first-order valence-electron chi connectivity index (χ1n) is 3.81. The summed E-state index contributed by atoms with van der Waals surface area (Å²) in [5, 5.41) is 0.216. The normalized spacial score (nSPS) is 9.64. The average Bonchev–Trinajstić information content (AvgIpc) is 2.16. The van der Waals surface area contributed by atoms with Crippen molar-refractivity contribution in [3.63, 3.8) is 0 Å². The van der Waals surface area contributed by atoms with E-state index < -0.39 is 5.97 Å². The predicted molar refractivity (Wildman–Crippen MR) is 53.8 cm³/mol. The van der Waals surface area contributed by atoms with E-state index >= 15 is 0 Å². The second kappa shape index (κ2) is 4.19. The Morgan fingerprint density at radius 3 is 2.50 bits per heavy atom. The van der Waals surface area contributed by atoms with Crippen LogP contribution in [-0.2, 0) is 4.74 Å². The van der Waals surface area contributed by atoms with Crippen molar-refractivity contribution < 1.29 is 14.3 Å². The van der Waals surface area contributed by atoms with Gasteiger partial charge >= 0.3 is 5.97 Å². The van der Waals surface area contributed by atoms with Gasteiger partial charge in [0.15, 0.2) is 0 Å². The number of hydrogen-bond acceptors (Lipinski definition) is 4. The van der Waals surface area contributed by atoms with Crippen molar-refractivity contribution in [3.05, 3.63) is 22.7 Å². The fraction of sp³-hybridized carbons (Fsp3) is 0.222. The topological polar surface area (TPSA) is 61.5 Å². The number of rotatable bonds is 2. The van der Waals surface area contributed by atoms with Crippen molar-refractivity contribution in [2.75, 3.05) is 20.0 Å². The molecule has 0 aliphatic rings. The number of anilines is 1. The molecule has 0 amide bonds. The summed E-state index contributed by atoms with van der Waals surface area (Å²) >= 11 is 5.83. The van der Waals surface area contributed by atoms with Crippen LogP contribution in [0.25, 0.3) is 0 Å². The van der Waals surface area contributed by atoms with Gasteiger partial charge in [0.2, 0.25) is 0 Å². The molecule has 1 aromatic carbocycles. The van der Waals surface area contributed by atoms with Gasteiger partial charge in [-0.3, -0.25) is 0 Å². The summed E-state index contributed by atoms with van der Waals surface area (Å²) in [7, 11) is 2.76. The first-order chi connectivity index (χ1) is 6.60. The second-order valence-corrected chi connectivity index (χ2v) is 2.97. The molecule has 0 saturated heterocycles. The minimum Gasteiger partial charge on any atom is -0.497 e. The van der Waals surface area contributed by atoms with Gasteiger partial charge in [0.25, 0.3) is 0 Å². The lowest BCUT2D eigenvalue weighted by Crippen LogP contribution is -2.06. The maximum Gasteiger partial charge on any atom is 0.341 e. The molecule has 4 nitrogen and oxygen atoms in total. The fourth-order valence-corrected chi connectivity index (χ4v) is 1.33. The van der Waals surface area contributed by atoms with Crippen molar-refractivity contribution in [2.45, 2.75) is 0 Å². The third-order valence-corrected chi connectivity index (χ3v) is 2.02. The summed E-state index contributed by atoms with van der Waals surface area (Å²) in [5.41, 5.74) is 6.01. The van der Waals surface area contributed by atoms with Gasteiger partial charge in [-0.15, -0.1) is 0 Å². The van der Waals surface area contributed by atoms with Crippen LogP contribution in [0, 0.1) is 0 Å². The molecule has 0 bridgehead atoms. The number of nitrogen functional groups attached to an aromatic ring is 1. The first-order valence-corrected chi connectivity index (χ1v) is 4.19. The summed E-state index contributed by atoms with van der Waals surface area (Å²) in [5.74, 6) is -0.0599. The lowest BCUT2D eigenvalue weighted by Gasteiger charge is -2.08. The number of ether oxygens (including phenoxy) is 2. The van der Waals surface area contributed by atoms with Crippen LogP contribution in [0.15, 0.2) is 12.1 Å². The molecule has 0 saturated carbocycles. The van der Waals surface area contributed by atoms with Crippen LogP contribution >= 0.6 is 11.6 Å². The maximum atomic E-state index is 11.2. The molecule has 5 heteroatoms. The van der Waals surface area contributed by atoms with Crippen LogP contribution in [0.5, 0.6) is 5.75 Å². The fourth-order valence-electron chi connectivity index (χ4n) is 1.04. The molecule has 0 heterocycles. The number of methoxy groups -OCH3 is 2. The average molecular weight is 216 g/mol. The number of carbonyl (C=O) groups is 1. The van der Waals surface area contributed by atoms with Gasteiger partial charge in [0.05, 0.1) is 24.9 Å². The Morgan fingerprint density at radius 1 is 1.43 bits per heavy atom. The molecule has 0 aliphatic heterocycles. The molecule has 0 fully saturated rings. The summed E-state index contributed by atoms with van der Waals surface area (Å²) in [6.07, 6.45) is 0. The van der Waals surface area contributed by atoms with Crippen molar-refractivity contribution in [1.82, 2.24) is 0 Å². The van der Waals surface area contributed by atoms with Crippen molar-refractivity contribution in [2.24, 2.45) is 0 Å². The molecule has 0 aliphatic carbocycles. The van der Waals surface area contributed by atoms with Crippen LogP contribution in [0.3, 0.4) is 0 Å². The number of halogens is 1. The highest BCUT2D eigenvalue weighted by atomic mass is 35.5. The molecule has 0 unspecified atom stereocenters. The Morgan fingerprint density at radius 2 is 2.07 bits per heavy atom. The Balaban J connectivity index is 3.25. The zero-order valence-electron chi connectivity index (χ0n) is 7.83. The monoisotopic (exact) mass is 215 g/mol. The molecule has 1 rings (SSSR count). The van der Waals surface area contributed by atoms with E-state index in [4.69, 9.17) is 22.1 Å². The molecule has 0 radical (unpaired) electrons. The smallest absolute Gasteiger partial charge is 0.341 e. The summed E-state index contributed by atoms with van der Waals surface area (Å²) in [6.45, 7) is 0. The molecule has 2 N–H and O–H groups in total. The number of esters is 1. The van der Waals surface area contributed by atoms with Crippen molar-refractivity contribution in [1.29, 1.82) is 0 Å². The van der Waals surface area contributed by atoms with Gasteiger partial charge in [-0.2, -0.15) is 0 Å². The first kappa shape index (κ1) is 10.7. The van der Waals surface area contributed by atoms with E-state index in [0.29, 0.717) is 5.75 Å². The maximum absolute atomic E-state index is 11.2. The Hall–Kier alpha value is -1.42. The van der Waals surface area contributed by atoms with E-state index in [1.54, 1.807) is 0 Å². The van der Waals surface area contributed by atoms with Gasteiger partial charge in [-0.25, -0.2) is 4.79 Å². The highest BCUT2D eigenvalue weighted by Crippen LogP contribution is 2.28. The molecular weight excluding hydrogens is 206 g/mol. The van der Waals surface area contributed by atoms with Crippen molar-refractivity contribution in [3.8, 4) is 5.75 Å². The van der Waals surface area contributed by atoms with E-state index in [-0.39, 0.29) is 16.3 Å². The van der Waals surface area contributed by atoms with E-state index in [9.17, 15) is 4.79 Å². The molecule has 0 aromatic heterocycles. The third kappa shape index (κ3) is 1.90. The van der Waals surface area contributed by atoms with Crippen LogP contribution in [0.1, 0.15) is 10.4 Å². The number of hydrogen-bond donors (Lipinski definition) is 1. The predicted octanol–water partition coefficient (Wildman–Crippen LogP) is 1.72. The minimum absolute atomic E-state index is 0.162. The largest absolute Gasteiger partial charge is 0.497 e. The zero-order chi connectivity index (χ0) is 10.7. The molecule has 76 valence electrons. The Labute approximate surface area is 86.6 Å². The van der Waals surface area contributed by atoms with Gasteiger partial charge in [0.1, 0.15) is 11.3 Å². The number of nitrogens with two attached hydrogens (primary N) is 1. The highest BCUT2D eigenvalue weighted by molar-refractivity contribution is 6.34. The van der Waals surface area contributed by atoms with Gasteiger partial charge in [0, 0.05) is 6.07 Å². The lowest BCUT2D eigenvalue weighted by molar-refractivity contribution is 0.0602. The molecule has 14 heavy (non-hydrogen) atoms. The Kier molecular flexibility index (Phi) is 3.19. The van der Waals surface area contributed by atoms with Crippen molar-refractivity contribution >= 4 is 23.3 Å². The third-order valence-electron chi connectivity index (χ3n) is 1.72. The minimum atomic E-state index is -0.560.